The van der Waals surface area contributed by atoms with Gasteiger partial charge in [-0.15, -0.1) is 11.3 Å². The van der Waals surface area contributed by atoms with Gasteiger partial charge in [0, 0.05) is 30.0 Å². The van der Waals surface area contributed by atoms with Gasteiger partial charge in [-0.3, -0.25) is 4.90 Å². The van der Waals surface area contributed by atoms with Gasteiger partial charge in [-0.2, -0.15) is 0 Å². The summed E-state index contributed by atoms with van der Waals surface area (Å²) < 4.78 is 6.42. The number of ether oxygens (including phenoxy) is 1. The summed E-state index contributed by atoms with van der Waals surface area (Å²) in [6.07, 6.45) is 2.96. The molecule has 0 spiro atoms. The zero-order chi connectivity index (χ0) is 13.2. The molecule has 1 aromatic heterocycles. The SMILES string of the molecule is OC1CCOCC1C1CCCN1Cc1ccc(Cl)s1. The summed E-state index contributed by atoms with van der Waals surface area (Å²) in [6, 6.07) is 4.53. The number of rotatable bonds is 3. The highest BCUT2D eigenvalue weighted by Gasteiger charge is 2.37. The normalized spacial score (nSPS) is 32.8. The Morgan fingerprint density at radius 3 is 3.05 bits per heavy atom. The van der Waals surface area contributed by atoms with E-state index >= 15 is 0 Å². The van der Waals surface area contributed by atoms with Crippen molar-refractivity contribution < 1.29 is 9.84 Å². The second-order valence-corrected chi connectivity index (χ2v) is 7.28. The second kappa shape index (κ2) is 6.10. The number of aliphatic hydroxyl groups excluding tert-OH is 1. The fourth-order valence-corrected chi connectivity index (χ4v) is 4.40. The highest BCUT2D eigenvalue weighted by Crippen LogP contribution is 2.32. The molecule has 3 heterocycles. The minimum atomic E-state index is -0.203. The number of nitrogens with zero attached hydrogens (tertiary/aromatic N) is 1. The van der Waals surface area contributed by atoms with E-state index < -0.39 is 0 Å². The molecule has 3 rings (SSSR count). The first kappa shape index (κ1) is 13.8. The summed E-state index contributed by atoms with van der Waals surface area (Å²) in [5, 5.41) is 10.2. The van der Waals surface area contributed by atoms with Gasteiger partial charge in [0.1, 0.15) is 0 Å². The Bertz CT molecular complexity index is 425. The van der Waals surface area contributed by atoms with E-state index in [1.807, 2.05) is 6.07 Å². The van der Waals surface area contributed by atoms with Crippen molar-refractivity contribution in [3.05, 3.63) is 21.3 Å². The molecule has 3 unspecified atom stereocenters. The monoisotopic (exact) mass is 301 g/mol. The number of hydrogen-bond donors (Lipinski definition) is 1. The molecular formula is C14H20ClNO2S. The van der Waals surface area contributed by atoms with Crippen molar-refractivity contribution in [2.75, 3.05) is 19.8 Å². The van der Waals surface area contributed by atoms with Gasteiger partial charge in [0.2, 0.25) is 0 Å². The van der Waals surface area contributed by atoms with Crippen LogP contribution in [0.3, 0.4) is 0 Å². The number of hydrogen-bond acceptors (Lipinski definition) is 4. The van der Waals surface area contributed by atoms with E-state index in [4.69, 9.17) is 16.3 Å². The highest BCUT2D eigenvalue weighted by molar-refractivity contribution is 7.16. The van der Waals surface area contributed by atoms with E-state index in [1.165, 1.54) is 17.7 Å². The lowest BCUT2D eigenvalue weighted by Gasteiger charge is -2.36. The average molecular weight is 302 g/mol. The van der Waals surface area contributed by atoms with Crippen LogP contribution in [0.4, 0.5) is 0 Å². The predicted octanol–water partition coefficient (Wildman–Crippen LogP) is 2.76. The van der Waals surface area contributed by atoms with Crippen molar-refractivity contribution in [2.45, 2.75) is 38.0 Å². The van der Waals surface area contributed by atoms with Crippen molar-refractivity contribution in [3.63, 3.8) is 0 Å². The number of thiophene rings is 1. The third-order valence-electron chi connectivity index (χ3n) is 4.26. The van der Waals surface area contributed by atoms with E-state index in [0.29, 0.717) is 19.3 Å². The maximum Gasteiger partial charge on any atom is 0.0931 e. The topological polar surface area (TPSA) is 32.7 Å². The van der Waals surface area contributed by atoms with Gasteiger partial charge in [0.25, 0.3) is 0 Å². The molecule has 5 heteroatoms. The van der Waals surface area contributed by atoms with Gasteiger partial charge in [-0.05, 0) is 37.9 Å². The van der Waals surface area contributed by atoms with Crippen LogP contribution in [0.1, 0.15) is 24.1 Å². The summed E-state index contributed by atoms with van der Waals surface area (Å²) >= 11 is 7.65. The quantitative estimate of drug-likeness (QED) is 0.932. The van der Waals surface area contributed by atoms with Crippen molar-refractivity contribution in [2.24, 2.45) is 5.92 Å². The molecule has 3 atom stereocenters. The molecule has 2 aliphatic rings. The van der Waals surface area contributed by atoms with Crippen LogP contribution >= 0.6 is 22.9 Å². The van der Waals surface area contributed by atoms with E-state index in [9.17, 15) is 5.11 Å². The minimum absolute atomic E-state index is 0.203. The molecule has 1 N–H and O–H groups in total. The molecule has 0 amide bonds. The Balaban J connectivity index is 1.67. The molecular weight excluding hydrogens is 282 g/mol. The molecule has 3 nitrogen and oxygen atoms in total. The van der Waals surface area contributed by atoms with Crippen LogP contribution in [0.5, 0.6) is 0 Å². The van der Waals surface area contributed by atoms with Crippen molar-refractivity contribution in [1.82, 2.24) is 4.90 Å². The Morgan fingerprint density at radius 2 is 2.32 bits per heavy atom. The Morgan fingerprint density at radius 1 is 1.42 bits per heavy atom. The molecule has 2 aliphatic heterocycles. The van der Waals surface area contributed by atoms with Crippen LogP contribution in [-0.4, -0.2) is 41.9 Å². The van der Waals surface area contributed by atoms with Crippen LogP contribution in [0, 0.1) is 5.92 Å². The molecule has 0 radical (unpaired) electrons. The summed E-state index contributed by atoms with van der Waals surface area (Å²) in [7, 11) is 0. The Hall–Kier alpha value is -0.130. The van der Waals surface area contributed by atoms with Crippen molar-refractivity contribution in [1.29, 1.82) is 0 Å². The number of likely N-dealkylation sites (tertiary alicyclic amines) is 1. The first-order chi connectivity index (χ1) is 9.24. The van der Waals surface area contributed by atoms with E-state index in [1.54, 1.807) is 11.3 Å². The molecule has 106 valence electrons. The number of aliphatic hydroxyl groups is 1. The van der Waals surface area contributed by atoms with Gasteiger partial charge in [0.05, 0.1) is 17.0 Å². The third-order valence-corrected chi connectivity index (χ3v) is 5.47. The summed E-state index contributed by atoms with van der Waals surface area (Å²) in [5.41, 5.74) is 0. The number of halogens is 1. The van der Waals surface area contributed by atoms with Gasteiger partial charge >= 0.3 is 0 Å². The summed E-state index contributed by atoms with van der Waals surface area (Å²) in [6.45, 7) is 3.47. The van der Waals surface area contributed by atoms with Gasteiger partial charge in [0.15, 0.2) is 0 Å². The van der Waals surface area contributed by atoms with Crippen LogP contribution in [0.25, 0.3) is 0 Å². The molecule has 0 aliphatic carbocycles. The fourth-order valence-electron chi connectivity index (χ4n) is 3.29. The van der Waals surface area contributed by atoms with Gasteiger partial charge in [-0.1, -0.05) is 11.6 Å². The predicted molar refractivity (Wildman–Crippen MR) is 77.7 cm³/mol. The molecule has 0 bridgehead atoms. The Labute approximate surface area is 123 Å². The zero-order valence-electron chi connectivity index (χ0n) is 10.9. The van der Waals surface area contributed by atoms with Crippen molar-refractivity contribution in [3.8, 4) is 0 Å². The molecule has 0 saturated carbocycles. The maximum atomic E-state index is 10.2. The van der Waals surface area contributed by atoms with E-state index in [2.05, 4.69) is 11.0 Å². The summed E-state index contributed by atoms with van der Waals surface area (Å²) in [5.74, 6) is 0.270. The molecule has 19 heavy (non-hydrogen) atoms. The lowest BCUT2D eigenvalue weighted by molar-refractivity contribution is -0.0635. The first-order valence-corrected chi connectivity index (χ1v) is 8.17. The smallest absolute Gasteiger partial charge is 0.0931 e. The second-order valence-electron chi connectivity index (χ2n) is 5.48. The van der Waals surface area contributed by atoms with Crippen LogP contribution < -0.4 is 0 Å². The van der Waals surface area contributed by atoms with E-state index in [0.717, 1.165) is 23.8 Å². The molecule has 2 fully saturated rings. The van der Waals surface area contributed by atoms with Gasteiger partial charge < -0.3 is 9.84 Å². The van der Waals surface area contributed by atoms with Crippen LogP contribution in [-0.2, 0) is 11.3 Å². The molecule has 1 aromatic rings. The standard InChI is InChI=1S/C14H20ClNO2S/c15-14-4-3-10(19-14)8-16-6-1-2-12(16)11-9-18-7-5-13(11)17/h3-4,11-13,17H,1-2,5-9H2. The Kier molecular flexibility index (Phi) is 4.44. The third kappa shape index (κ3) is 3.14. The summed E-state index contributed by atoms with van der Waals surface area (Å²) in [4.78, 5) is 3.80. The average Bonchev–Trinajstić information content (AvgIpc) is 3.00. The van der Waals surface area contributed by atoms with E-state index in [-0.39, 0.29) is 12.0 Å². The van der Waals surface area contributed by atoms with Crippen LogP contribution in [0.15, 0.2) is 12.1 Å². The lowest BCUT2D eigenvalue weighted by Crippen LogP contribution is -2.45. The maximum absolute atomic E-state index is 10.2. The molecule has 0 aromatic carbocycles. The zero-order valence-corrected chi connectivity index (χ0v) is 12.5. The molecule has 2 saturated heterocycles. The fraction of sp³-hybridized carbons (Fsp3) is 0.714. The highest BCUT2D eigenvalue weighted by atomic mass is 35.5. The minimum Gasteiger partial charge on any atom is -0.393 e. The van der Waals surface area contributed by atoms with Gasteiger partial charge in [-0.25, -0.2) is 0 Å². The lowest BCUT2D eigenvalue weighted by atomic mass is 9.89. The van der Waals surface area contributed by atoms with Crippen LogP contribution in [0.2, 0.25) is 4.34 Å². The first-order valence-electron chi connectivity index (χ1n) is 6.98. The van der Waals surface area contributed by atoms with Crippen molar-refractivity contribution >= 4 is 22.9 Å². The largest absolute Gasteiger partial charge is 0.393 e.